The normalized spacial score (nSPS) is 15.9. The first-order valence-electron chi connectivity index (χ1n) is 11.6. The Balaban J connectivity index is 1.19. The van der Waals surface area contributed by atoms with Crippen LogP contribution in [0.1, 0.15) is 0 Å². The number of methoxy groups -OCH3 is 2. The molecule has 8 nitrogen and oxygen atoms in total. The first-order chi connectivity index (χ1) is 17.2. The van der Waals surface area contributed by atoms with Crippen molar-refractivity contribution in [2.24, 2.45) is 0 Å². The number of benzene rings is 2. The number of ether oxygens (including phenoxy) is 2. The summed E-state index contributed by atoms with van der Waals surface area (Å²) >= 11 is 1.91. The lowest BCUT2D eigenvalue weighted by Gasteiger charge is -2.40. The summed E-state index contributed by atoms with van der Waals surface area (Å²) in [6.07, 6.45) is 3.69. The second kappa shape index (κ2) is 9.24. The van der Waals surface area contributed by atoms with Crippen molar-refractivity contribution in [1.82, 2.24) is 20.2 Å². The highest BCUT2D eigenvalue weighted by atomic mass is 32.2. The molecule has 2 aromatic carbocycles. The summed E-state index contributed by atoms with van der Waals surface area (Å²) in [5.41, 5.74) is 4.03. The molecule has 0 N–H and O–H groups in total. The molecule has 4 aromatic rings. The monoisotopic (exact) mass is 486 g/mol. The fourth-order valence-electron chi connectivity index (χ4n) is 4.74. The molecule has 0 spiro atoms. The van der Waals surface area contributed by atoms with Crippen molar-refractivity contribution in [3.05, 3.63) is 60.9 Å². The molecule has 1 saturated heterocycles. The summed E-state index contributed by atoms with van der Waals surface area (Å²) in [5.74, 6) is 3.28. The topological polar surface area (TPSA) is 66.9 Å². The number of para-hydroxylation sites is 1. The van der Waals surface area contributed by atoms with E-state index in [9.17, 15) is 0 Å². The van der Waals surface area contributed by atoms with Gasteiger partial charge in [-0.2, -0.15) is 10.2 Å². The molecule has 9 heteroatoms. The Hall–Kier alpha value is -3.56. The van der Waals surface area contributed by atoms with Gasteiger partial charge in [-0.1, -0.05) is 12.1 Å². The van der Waals surface area contributed by atoms with Gasteiger partial charge in [-0.05, 0) is 30.3 Å². The summed E-state index contributed by atoms with van der Waals surface area (Å²) in [6, 6.07) is 16.6. The molecule has 0 atom stereocenters. The zero-order valence-corrected chi connectivity index (χ0v) is 20.5. The third-order valence-corrected chi connectivity index (χ3v) is 7.64. The average molecular weight is 487 g/mol. The van der Waals surface area contributed by atoms with E-state index in [0.29, 0.717) is 11.5 Å². The Morgan fingerprint density at radius 3 is 2.46 bits per heavy atom. The van der Waals surface area contributed by atoms with Crippen LogP contribution in [0, 0.1) is 0 Å². The third kappa shape index (κ3) is 4.00. The first-order valence-corrected chi connectivity index (χ1v) is 12.6. The molecule has 178 valence electrons. The van der Waals surface area contributed by atoms with Crippen LogP contribution in [0.25, 0.3) is 22.0 Å². The fraction of sp³-hybridized carbons (Fsp3) is 0.269. The number of hydrogen-bond acceptors (Lipinski definition) is 9. The van der Waals surface area contributed by atoms with Crippen molar-refractivity contribution in [2.45, 2.75) is 4.90 Å². The van der Waals surface area contributed by atoms with E-state index in [2.05, 4.69) is 61.5 Å². The van der Waals surface area contributed by atoms with Crippen LogP contribution in [0.15, 0.2) is 65.8 Å². The van der Waals surface area contributed by atoms with E-state index in [0.717, 1.165) is 59.9 Å². The van der Waals surface area contributed by atoms with Crippen LogP contribution in [-0.4, -0.2) is 66.5 Å². The van der Waals surface area contributed by atoms with Crippen LogP contribution in [0.5, 0.6) is 11.5 Å². The van der Waals surface area contributed by atoms with E-state index in [1.165, 1.54) is 10.6 Å². The number of nitrogens with zero attached hydrogens (tertiary/aromatic N) is 6. The number of hydrogen-bond donors (Lipinski definition) is 0. The molecule has 6 rings (SSSR count). The summed E-state index contributed by atoms with van der Waals surface area (Å²) < 4.78 is 10.9. The van der Waals surface area contributed by atoms with Gasteiger partial charge >= 0.3 is 0 Å². The molecule has 2 aliphatic rings. The zero-order chi connectivity index (χ0) is 23.8. The van der Waals surface area contributed by atoms with Gasteiger partial charge in [-0.3, -0.25) is 5.01 Å². The van der Waals surface area contributed by atoms with Crippen LogP contribution in [0.2, 0.25) is 0 Å². The Labute approximate surface area is 208 Å². The van der Waals surface area contributed by atoms with E-state index in [1.807, 2.05) is 30.1 Å². The van der Waals surface area contributed by atoms with Gasteiger partial charge in [0.1, 0.15) is 5.82 Å². The van der Waals surface area contributed by atoms with Gasteiger partial charge in [-0.25, -0.2) is 9.99 Å². The number of piperazine rings is 1. The molecular weight excluding hydrogens is 460 g/mol. The second-order valence-electron chi connectivity index (χ2n) is 8.47. The second-order valence-corrected chi connectivity index (χ2v) is 9.46. The van der Waals surface area contributed by atoms with Crippen LogP contribution in [0.4, 0.5) is 11.5 Å². The van der Waals surface area contributed by atoms with Gasteiger partial charge in [0, 0.05) is 59.9 Å². The molecule has 2 aliphatic heterocycles. The predicted octanol–water partition coefficient (Wildman–Crippen LogP) is 4.32. The Kier molecular flexibility index (Phi) is 5.79. The smallest absolute Gasteiger partial charge is 0.162 e. The van der Waals surface area contributed by atoms with Crippen molar-refractivity contribution in [1.29, 1.82) is 0 Å². The van der Waals surface area contributed by atoms with Crippen LogP contribution in [-0.2, 0) is 0 Å². The molecule has 1 fully saturated rings. The van der Waals surface area contributed by atoms with Crippen LogP contribution >= 0.6 is 11.8 Å². The molecular formula is C26H26N6O2S. The standard InChI is InChI=1S/C26H26N6O2S/c1-33-23-13-19-20(16-28-29-21(19)14-24(23)34-2)18-7-8-26(27-15-18)30-9-11-31(12-10-30)32-17-35-25-6-4-3-5-22(25)32/h3-8,13-16H,9-12,17H2,1-2H3. The minimum absolute atomic E-state index is 0.634. The molecule has 0 radical (unpaired) electrons. The molecule has 0 aliphatic carbocycles. The van der Waals surface area contributed by atoms with Crippen LogP contribution in [0.3, 0.4) is 0 Å². The number of thioether (sulfide) groups is 1. The maximum atomic E-state index is 5.49. The number of rotatable bonds is 5. The lowest BCUT2D eigenvalue weighted by molar-refractivity contribution is 0.246. The molecule has 35 heavy (non-hydrogen) atoms. The van der Waals surface area contributed by atoms with Crippen molar-refractivity contribution in [3.8, 4) is 22.6 Å². The highest BCUT2D eigenvalue weighted by Gasteiger charge is 2.28. The first kappa shape index (κ1) is 21.9. The molecule has 0 bridgehead atoms. The summed E-state index contributed by atoms with van der Waals surface area (Å²) in [7, 11) is 3.25. The number of anilines is 2. The highest BCUT2D eigenvalue weighted by molar-refractivity contribution is 7.99. The SMILES string of the molecule is COc1cc2nncc(-c3ccc(N4CCN(N5CSc6ccccc65)CC4)nc3)c2cc1OC. The van der Waals surface area contributed by atoms with Gasteiger partial charge in [-0.15, -0.1) is 11.8 Å². The van der Waals surface area contributed by atoms with E-state index in [4.69, 9.17) is 14.5 Å². The third-order valence-electron chi connectivity index (χ3n) is 6.61. The van der Waals surface area contributed by atoms with Crippen molar-refractivity contribution < 1.29 is 9.47 Å². The van der Waals surface area contributed by atoms with Gasteiger partial charge in [0.15, 0.2) is 11.5 Å². The van der Waals surface area contributed by atoms with E-state index < -0.39 is 0 Å². The van der Waals surface area contributed by atoms with Gasteiger partial charge in [0.2, 0.25) is 0 Å². The molecule has 0 saturated carbocycles. The van der Waals surface area contributed by atoms with Gasteiger partial charge in [0.05, 0.1) is 37.5 Å². The summed E-state index contributed by atoms with van der Waals surface area (Å²) in [6.45, 7) is 3.82. The minimum atomic E-state index is 0.634. The predicted molar refractivity (Wildman–Crippen MR) is 139 cm³/mol. The zero-order valence-electron chi connectivity index (χ0n) is 19.7. The summed E-state index contributed by atoms with van der Waals surface area (Å²) in [5, 5.41) is 14.3. The molecule has 4 heterocycles. The molecule has 2 aromatic heterocycles. The van der Waals surface area contributed by atoms with Gasteiger partial charge < -0.3 is 14.4 Å². The number of fused-ring (bicyclic) bond motifs is 2. The molecule has 0 unspecified atom stereocenters. The minimum Gasteiger partial charge on any atom is -0.493 e. The molecule has 0 amide bonds. The lowest BCUT2D eigenvalue weighted by atomic mass is 10.0. The van der Waals surface area contributed by atoms with Crippen LogP contribution < -0.4 is 19.4 Å². The average Bonchev–Trinajstić information content (AvgIpc) is 3.36. The van der Waals surface area contributed by atoms with Crippen molar-refractivity contribution in [3.63, 3.8) is 0 Å². The maximum Gasteiger partial charge on any atom is 0.162 e. The number of hydrazine groups is 1. The van der Waals surface area contributed by atoms with E-state index in [-0.39, 0.29) is 0 Å². The van der Waals surface area contributed by atoms with E-state index in [1.54, 1.807) is 20.4 Å². The fourth-order valence-corrected chi connectivity index (χ4v) is 5.80. The van der Waals surface area contributed by atoms with E-state index >= 15 is 0 Å². The maximum absolute atomic E-state index is 5.49. The number of pyridine rings is 1. The highest BCUT2D eigenvalue weighted by Crippen LogP contribution is 2.39. The Bertz CT molecular complexity index is 1360. The Morgan fingerprint density at radius 1 is 0.886 bits per heavy atom. The quantitative estimate of drug-likeness (QED) is 0.410. The van der Waals surface area contributed by atoms with Crippen molar-refractivity contribution >= 4 is 34.2 Å². The lowest BCUT2D eigenvalue weighted by Crippen LogP contribution is -2.53. The Morgan fingerprint density at radius 2 is 1.69 bits per heavy atom. The van der Waals surface area contributed by atoms with Gasteiger partial charge in [0.25, 0.3) is 0 Å². The van der Waals surface area contributed by atoms with Crippen molar-refractivity contribution in [2.75, 3.05) is 56.2 Å². The number of aromatic nitrogens is 3. The largest absolute Gasteiger partial charge is 0.493 e. The summed E-state index contributed by atoms with van der Waals surface area (Å²) in [4.78, 5) is 8.52.